The molecule has 0 radical (unpaired) electrons. The van der Waals surface area contributed by atoms with Gasteiger partial charge in [-0.2, -0.15) is 13.2 Å². The minimum atomic E-state index is -4.31. The van der Waals surface area contributed by atoms with Crippen LogP contribution in [0.1, 0.15) is 10.4 Å². The molecule has 0 spiro atoms. The Hall–Kier alpha value is -1.56. The zero-order valence-electron chi connectivity index (χ0n) is 8.57. The molecule has 0 N–H and O–H groups in total. The number of rotatable bonds is 3. The van der Waals surface area contributed by atoms with Crippen molar-refractivity contribution in [1.82, 2.24) is 4.98 Å². The van der Waals surface area contributed by atoms with Gasteiger partial charge in [0.25, 0.3) is 0 Å². The Labute approximate surface area is 99.7 Å². The van der Waals surface area contributed by atoms with Crippen LogP contribution >= 0.6 is 11.3 Å². The highest BCUT2D eigenvalue weighted by Gasteiger charge is 2.29. The number of thiazole rings is 1. The van der Waals surface area contributed by atoms with Crippen molar-refractivity contribution in [2.24, 2.45) is 0 Å². The van der Waals surface area contributed by atoms with Crippen molar-refractivity contribution in [3.8, 4) is 5.75 Å². The molecule has 0 aliphatic rings. The predicted octanol–water partition coefficient (Wildman–Crippen LogP) is 3.74. The van der Waals surface area contributed by atoms with E-state index >= 15 is 0 Å². The summed E-state index contributed by atoms with van der Waals surface area (Å²) in [5.41, 5.74) is 0.994. The molecule has 6 heteroatoms. The molecule has 2 aromatic rings. The Kier molecular flexibility index (Phi) is 3.33. The molecular weight excluding hydrogens is 251 g/mol. The van der Waals surface area contributed by atoms with Gasteiger partial charge in [0.15, 0.2) is 0 Å². The third-order valence-corrected chi connectivity index (χ3v) is 2.80. The van der Waals surface area contributed by atoms with E-state index in [1.807, 2.05) is 0 Å². The smallest absolute Gasteiger partial charge is 0.416 e. The van der Waals surface area contributed by atoms with Crippen molar-refractivity contribution in [3.05, 3.63) is 46.4 Å². The van der Waals surface area contributed by atoms with Gasteiger partial charge in [0.1, 0.15) is 12.4 Å². The van der Waals surface area contributed by atoms with E-state index < -0.39 is 11.7 Å². The van der Waals surface area contributed by atoms with Gasteiger partial charge in [-0.1, -0.05) is 0 Å². The molecule has 0 fully saturated rings. The third-order valence-electron chi connectivity index (χ3n) is 2.05. The molecule has 0 bridgehead atoms. The molecule has 1 aromatic carbocycles. The van der Waals surface area contributed by atoms with Crippen LogP contribution < -0.4 is 4.74 Å². The Bertz CT molecular complexity index is 464. The maximum Gasteiger partial charge on any atom is 0.416 e. The van der Waals surface area contributed by atoms with Crippen LogP contribution in [0, 0.1) is 0 Å². The second-order valence-corrected chi connectivity index (χ2v) is 4.25. The van der Waals surface area contributed by atoms with Crippen LogP contribution in [0.4, 0.5) is 13.2 Å². The Morgan fingerprint density at radius 3 is 2.41 bits per heavy atom. The van der Waals surface area contributed by atoms with Crippen LogP contribution in [0.5, 0.6) is 5.75 Å². The lowest BCUT2D eigenvalue weighted by atomic mass is 10.2. The first kappa shape index (κ1) is 11.9. The van der Waals surface area contributed by atoms with Gasteiger partial charge in [0.2, 0.25) is 0 Å². The molecule has 2 rings (SSSR count). The molecule has 1 aromatic heterocycles. The van der Waals surface area contributed by atoms with Crippen molar-refractivity contribution in [3.63, 3.8) is 0 Å². The monoisotopic (exact) mass is 259 g/mol. The number of halogens is 3. The third kappa shape index (κ3) is 3.20. The highest BCUT2D eigenvalue weighted by atomic mass is 32.1. The van der Waals surface area contributed by atoms with E-state index in [0.717, 1.165) is 17.0 Å². The molecule has 0 saturated heterocycles. The van der Waals surface area contributed by atoms with Gasteiger partial charge in [0, 0.05) is 6.20 Å². The first-order chi connectivity index (χ1) is 8.05. The molecule has 0 aliphatic heterocycles. The topological polar surface area (TPSA) is 22.1 Å². The van der Waals surface area contributed by atoms with Crippen LogP contribution in [0.3, 0.4) is 0 Å². The molecule has 0 aliphatic carbocycles. The van der Waals surface area contributed by atoms with Crippen molar-refractivity contribution in [1.29, 1.82) is 0 Å². The molecular formula is C11H8F3NOS. The molecule has 17 heavy (non-hydrogen) atoms. The van der Waals surface area contributed by atoms with Gasteiger partial charge in [-0.3, -0.25) is 4.98 Å². The fraction of sp³-hybridized carbons (Fsp3) is 0.182. The van der Waals surface area contributed by atoms with Crippen molar-refractivity contribution >= 4 is 11.3 Å². The van der Waals surface area contributed by atoms with Crippen molar-refractivity contribution < 1.29 is 17.9 Å². The number of ether oxygens (including phenoxy) is 1. The number of benzene rings is 1. The van der Waals surface area contributed by atoms with Gasteiger partial charge in [0.05, 0.1) is 16.0 Å². The zero-order valence-corrected chi connectivity index (χ0v) is 9.39. The standard InChI is InChI=1S/C11H8F3NOS/c12-11(13,14)8-1-3-9(4-2-8)16-6-10-5-15-7-17-10/h1-5,7H,6H2. The average molecular weight is 259 g/mol. The van der Waals surface area contributed by atoms with Gasteiger partial charge in [-0.05, 0) is 24.3 Å². The second-order valence-electron chi connectivity index (χ2n) is 3.28. The summed E-state index contributed by atoms with van der Waals surface area (Å²) in [6, 6.07) is 4.62. The average Bonchev–Trinajstić information content (AvgIpc) is 2.78. The fourth-order valence-corrected chi connectivity index (χ4v) is 1.71. The minimum absolute atomic E-state index is 0.316. The molecule has 90 valence electrons. The molecule has 0 unspecified atom stereocenters. The second kappa shape index (κ2) is 4.75. The zero-order chi connectivity index (χ0) is 12.3. The summed E-state index contributed by atoms with van der Waals surface area (Å²) in [5.74, 6) is 0.409. The minimum Gasteiger partial charge on any atom is -0.488 e. The van der Waals surface area contributed by atoms with Crippen LogP contribution in [0.25, 0.3) is 0 Å². The van der Waals surface area contributed by atoms with E-state index in [1.54, 1.807) is 11.7 Å². The highest BCUT2D eigenvalue weighted by Crippen LogP contribution is 2.30. The Morgan fingerprint density at radius 1 is 1.18 bits per heavy atom. The number of aromatic nitrogens is 1. The SMILES string of the molecule is FC(F)(F)c1ccc(OCc2cncs2)cc1. The van der Waals surface area contributed by atoms with Gasteiger partial charge in [-0.25, -0.2) is 0 Å². The normalized spacial score (nSPS) is 11.5. The van der Waals surface area contributed by atoms with E-state index in [1.165, 1.54) is 23.5 Å². The predicted molar refractivity (Wildman–Crippen MR) is 57.9 cm³/mol. The van der Waals surface area contributed by atoms with E-state index in [4.69, 9.17) is 4.74 Å². The van der Waals surface area contributed by atoms with Gasteiger partial charge >= 0.3 is 6.18 Å². The molecule has 0 saturated carbocycles. The molecule has 0 amide bonds. The summed E-state index contributed by atoms with van der Waals surface area (Å²) in [4.78, 5) is 4.79. The lowest BCUT2D eigenvalue weighted by Crippen LogP contribution is -2.04. The summed E-state index contributed by atoms with van der Waals surface area (Å²) < 4.78 is 42.2. The largest absolute Gasteiger partial charge is 0.488 e. The van der Waals surface area contributed by atoms with E-state index in [2.05, 4.69) is 4.98 Å². The van der Waals surface area contributed by atoms with Crippen molar-refractivity contribution in [2.75, 3.05) is 0 Å². The lowest BCUT2D eigenvalue weighted by Gasteiger charge is -2.08. The van der Waals surface area contributed by atoms with Gasteiger partial charge in [-0.15, -0.1) is 11.3 Å². The van der Waals surface area contributed by atoms with Crippen LogP contribution in [-0.4, -0.2) is 4.98 Å². The van der Waals surface area contributed by atoms with E-state index in [9.17, 15) is 13.2 Å². The highest BCUT2D eigenvalue weighted by molar-refractivity contribution is 7.09. The first-order valence-electron chi connectivity index (χ1n) is 4.73. The molecule has 1 heterocycles. The number of hydrogen-bond donors (Lipinski definition) is 0. The van der Waals surface area contributed by atoms with Crippen LogP contribution in [0.15, 0.2) is 36.0 Å². The van der Waals surface area contributed by atoms with Crippen LogP contribution in [0.2, 0.25) is 0 Å². The molecule has 2 nitrogen and oxygen atoms in total. The summed E-state index contributed by atoms with van der Waals surface area (Å²) in [6.45, 7) is 0.316. The fourth-order valence-electron chi connectivity index (χ4n) is 1.21. The summed E-state index contributed by atoms with van der Waals surface area (Å²) in [5, 5.41) is 0. The summed E-state index contributed by atoms with van der Waals surface area (Å²) in [6.07, 6.45) is -2.65. The Morgan fingerprint density at radius 2 is 1.88 bits per heavy atom. The summed E-state index contributed by atoms with van der Waals surface area (Å²) in [7, 11) is 0. The number of hydrogen-bond acceptors (Lipinski definition) is 3. The van der Waals surface area contributed by atoms with E-state index in [-0.39, 0.29) is 0 Å². The maximum absolute atomic E-state index is 12.3. The first-order valence-corrected chi connectivity index (χ1v) is 5.61. The number of alkyl halides is 3. The Balaban J connectivity index is 1.99. The lowest BCUT2D eigenvalue weighted by molar-refractivity contribution is -0.137. The maximum atomic E-state index is 12.3. The van der Waals surface area contributed by atoms with E-state index in [0.29, 0.717) is 12.4 Å². The van der Waals surface area contributed by atoms with Gasteiger partial charge < -0.3 is 4.74 Å². The van der Waals surface area contributed by atoms with Crippen LogP contribution in [-0.2, 0) is 12.8 Å². The molecule has 0 atom stereocenters. The quantitative estimate of drug-likeness (QED) is 0.837. The van der Waals surface area contributed by atoms with Crippen molar-refractivity contribution in [2.45, 2.75) is 12.8 Å². The number of nitrogens with zero attached hydrogens (tertiary/aromatic N) is 1. The summed E-state index contributed by atoms with van der Waals surface area (Å²) >= 11 is 1.43.